The molecule has 4 rings (SSSR count). The van der Waals surface area contributed by atoms with E-state index in [4.69, 9.17) is 4.42 Å². The first kappa shape index (κ1) is 20.0. The van der Waals surface area contributed by atoms with Crippen molar-refractivity contribution in [1.82, 2.24) is 13.8 Å². The second kappa shape index (κ2) is 7.54. The van der Waals surface area contributed by atoms with Gasteiger partial charge in [0.15, 0.2) is 5.58 Å². The highest BCUT2D eigenvalue weighted by Crippen LogP contribution is 2.23. The van der Waals surface area contributed by atoms with E-state index in [2.05, 4.69) is 0 Å². The largest absolute Gasteiger partial charge is 0.419 e. The Balaban J connectivity index is 1.53. The zero-order chi connectivity index (χ0) is 21.5. The van der Waals surface area contributed by atoms with Gasteiger partial charge >= 0.3 is 5.76 Å². The smallest absolute Gasteiger partial charge is 0.408 e. The predicted octanol–water partition coefficient (Wildman–Crippen LogP) is 0.734. The van der Waals surface area contributed by atoms with Gasteiger partial charge in [0.25, 0.3) is 0 Å². The molecule has 3 aromatic rings. The molecule has 0 spiro atoms. The van der Waals surface area contributed by atoms with Crippen LogP contribution in [0, 0.1) is 0 Å². The summed E-state index contributed by atoms with van der Waals surface area (Å²) in [4.78, 5) is 37.6. The number of carbonyl (C=O) groups is 2. The second-order valence-electron chi connectivity index (χ2n) is 7.00. The summed E-state index contributed by atoms with van der Waals surface area (Å²) in [6, 6.07) is 13.4. The van der Waals surface area contributed by atoms with Crippen molar-refractivity contribution in [1.29, 1.82) is 0 Å². The van der Waals surface area contributed by atoms with Gasteiger partial charge in [-0.3, -0.25) is 19.1 Å². The lowest BCUT2D eigenvalue weighted by molar-refractivity contribution is -0.149. The molecule has 30 heavy (non-hydrogen) atoms. The summed E-state index contributed by atoms with van der Waals surface area (Å²) in [5, 5.41) is 0. The van der Waals surface area contributed by atoms with Crippen LogP contribution in [0.3, 0.4) is 0 Å². The predicted molar refractivity (Wildman–Crippen MR) is 107 cm³/mol. The first-order valence-corrected chi connectivity index (χ1v) is 10.7. The number of amides is 2. The van der Waals surface area contributed by atoms with Gasteiger partial charge in [0, 0.05) is 19.7 Å². The van der Waals surface area contributed by atoms with Crippen molar-refractivity contribution in [2.45, 2.75) is 11.3 Å². The Morgan fingerprint density at radius 1 is 0.967 bits per heavy atom. The normalized spacial score (nSPS) is 15.8. The molecule has 0 aliphatic carbocycles. The average molecular weight is 429 g/mol. The summed E-state index contributed by atoms with van der Waals surface area (Å²) >= 11 is 0. The van der Waals surface area contributed by atoms with Crippen LogP contribution in [0.25, 0.3) is 11.1 Å². The topological polar surface area (TPSA) is 110 Å². The highest BCUT2D eigenvalue weighted by molar-refractivity contribution is 7.89. The number of nitrogens with zero attached hydrogens (tertiary/aromatic N) is 3. The number of imide groups is 1. The number of hydrogen-bond donors (Lipinski definition) is 0. The molecular weight excluding hydrogens is 410 g/mol. The minimum Gasteiger partial charge on any atom is -0.408 e. The zero-order valence-corrected chi connectivity index (χ0v) is 17.0. The Morgan fingerprint density at radius 2 is 1.63 bits per heavy atom. The van der Waals surface area contributed by atoms with Crippen LogP contribution in [-0.2, 0) is 33.1 Å². The zero-order valence-electron chi connectivity index (χ0n) is 16.1. The van der Waals surface area contributed by atoms with Crippen LogP contribution < -0.4 is 5.76 Å². The third-order valence-electron chi connectivity index (χ3n) is 5.09. The fraction of sp³-hybridized carbons (Fsp3) is 0.250. The highest BCUT2D eigenvalue weighted by atomic mass is 32.2. The van der Waals surface area contributed by atoms with Gasteiger partial charge in [-0.25, -0.2) is 13.2 Å². The van der Waals surface area contributed by atoms with Crippen LogP contribution in [-0.4, -0.2) is 53.6 Å². The molecule has 0 unspecified atom stereocenters. The van der Waals surface area contributed by atoms with E-state index in [1.165, 1.54) is 29.8 Å². The summed E-state index contributed by atoms with van der Waals surface area (Å²) in [5.41, 5.74) is 1.53. The molecule has 1 saturated heterocycles. The van der Waals surface area contributed by atoms with E-state index < -0.39 is 40.7 Å². The number of aryl methyl sites for hydroxylation is 1. The van der Waals surface area contributed by atoms with Crippen LogP contribution in [0.1, 0.15) is 5.56 Å². The Kier molecular flexibility index (Phi) is 5.04. The number of fused-ring (bicyclic) bond motifs is 1. The van der Waals surface area contributed by atoms with E-state index in [0.29, 0.717) is 11.9 Å². The van der Waals surface area contributed by atoms with Gasteiger partial charge in [-0.05, 0) is 24.1 Å². The van der Waals surface area contributed by atoms with Gasteiger partial charge < -0.3 is 4.42 Å². The van der Waals surface area contributed by atoms with Gasteiger partial charge in [0.05, 0.1) is 23.5 Å². The Morgan fingerprint density at radius 3 is 2.30 bits per heavy atom. The summed E-state index contributed by atoms with van der Waals surface area (Å²) in [6.07, 6.45) is 0.495. The van der Waals surface area contributed by atoms with Gasteiger partial charge in [0.2, 0.25) is 21.8 Å². The Bertz CT molecular complexity index is 1280. The van der Waals surface area contributed by atoms with Crippen LogP contribution in [0.4, 0.5) is 0 Å². The number of piperazine rings is 1. The monoisotopic (exact) mass is 429 g/mol. The van der Waals surface area contributed by atoms with Crippen molar-refractivity contribution in [2.24, 2.45) is 7.05 Å². The minimum absolute atomic E-state index is 0.114. The first-order valence-electron chi connectivity index (χ1n) is 9.24. The third-order valence-corrected chi connectivity index (χ3v) is 6.88. The molecule has 1 aromatic heterocycles. The maximum atomic E-state index is 13.0. The number of aromatic nitrogens is 1. The SMILES string of the molecule is Cn1c(=O)oc2cc(S(=O)(=O)N3CC(=O)N(CCc4ccccc4)C(=O)C3)ccc21. The van der Waals surface area contributed by atoms with Gasteiger partial charge in [-0.1, -0.05) is 30.3 Å². The third kappa shape index (κ3) is 3.55. The van der Waals surface area contributed by atoms with Crippen LogP contribution in [0.5, 0.6) is 0 Å². The number of benzene rings is 2. The van der Waals surface area contributed by atoms with E-state index in [9.17, 15) is 22.8 Å². The lowest BCUT2D eigenvalue weighted by atomic mass is 10.1. The number of sulfonamides is 1. The molecule has 1 aliphatic rings. The first-order chi connectivity index (χ1) is 14.3. The standard InChI is InChI=1S/C20H19N3O6S/c1-21-16-8-7-15(11-17(16)29-20(21)26)30(27,28)22-12-18(24)23(19(25)13-22)10-9-14-5-3-2-4-6-14/h2-8,11H,9-10,12-13H2,1H3. The average Bonchev–Trinajstić information content (AvgIpc) is 3.01. The van der Waals surface area contributed by atoms with Crippen molar-refractivity contribution >= 4 is 32.9 Å². The van der Waals surface area contributed by atoms with Gasteiger partial charge in [-0.15, -0.1) is 0 Å². The lowest BCUT2D eigenvalue weighted by Gasteiger charge is -2.32. The van der Waals surface area contributed by atoms with Crippen molar-refractivity contribution < 1.29 is 22.4 Å². The number of carbonyl (C=O) groups excluding carboxylic acids is 2. The quantitative estimate of drug-likeness (QED) is 0.553. The molecule has 0 N–H and O–H groups in total. The second-order valence-corrected chi connectivity index (χ2v) is 8.94. The highest BCUT2D eigenvalue weighted by Gasteiger charge is 2.37. The number of hydrogen-bond acceptors (Lipinski definition) is 6. The molecule has 156 valence electrons. The van der Waals surface area contributed by atoms with E-state index in [1.807, 2.05) is 30.3 Å². The van der Waals surface area contributed by atoms with E-state index in [-0.39, 0.29) is 17.0 Å². The van der Waals surface area contributed by atoms with Crippen LogP contribution >= 0.6 is 0 Å². The Hall–Kier alpha value is -3.24. The van der Waals surface area contributed by atoms with Crippen molar-refractivity contribution in [3.63, 3.8) is 0 Å². The van der Waals surface area contributed by atoms with Gasteiger partial charge in [-0.2, -0.15) is 4.31 Å². The minimum atomic E-state index is -4.12. The molecule has 0 saturated carbocycles. The van der Waals surface area contributed by atoms with Crippen LogP contribution in [0.2, 0.25) is 0 Å². The molecule has 10 heteroatoms. The number of rotatable bonds is 5. The molecule has 9 nitrogen and oxygen atoms in total. The molecule has 2 aromatic carbocycles. The molecule has 0 bridgehead atoms. The van der Waals surface area contributed by atoms with Crippen molar-refractivity contribution in [2.75, 3.05) is 19.6 Å². The fourth-order valence-electron chi connectivity index (χ4n) is 3.40. The van der Waals surface area contributed by atoms with Crippen molar-refractivity contribution in [3.05, 3.63) is 64.6 Å². The molecular formula is C20H19N3O6S. The Labute approximate surface area is 172 Å². The fourth-order valence-corrected chi connectivity index (χ4v) is 4.75. The van der Waals surface area contributed by atoms with Gasteiger partial charge in [0.1, 0.15) is 0 Å². The molecule has 2 heterocycles. The summed E-state index contributed by atoms with van der Waals surface area (Å²) < 4.78 is 33.1. The summed E-state index contributed by atoms with van der Waals surface area (Å²) in [5.74, 6) is -1.76. The molecule has 0 radical (unpaired) electrons. The number of oxazole rings is 1. The maximum Gasteiger partial charge on any atom is 0.419 e. The van der Waals surface area contributed by atoms with E-state index >= 15 is 0 Å². The summed E-state index contributed by atoms with van der Waals surface area (Å²) in [7, 11) is -2.61. The van der Waals surface area contributed by atoms with Crippen molar-refractivity contribution in [3.8, 4) is 0 Å². The van der Waals surface area contributed by atoms with Crippen LogP contribution in [0.15, 0.2) is 62.6 Å². The molecule has 2 amide bonds. The maximum absolute atomic E-state index is 13.0. The molecule has 0 atom stereocenters. The van der Waals surface area contributed by atoms with E-state index in [0.717, 1.165) is 14.8 Å². The van der Waals surface area contributed by atoms with E-state index in [1.54, 1.807) is 0 Å². The lowest BCUT2D eigenvalue weighted by Crippen LogP contribution is -2.55. The molecule has 1 fully saturated rings. The summed E-state index contributed by atoms with van der Waals surface area (Å²) in [6.45, 7) is -0.671. The molecule has 1 aliphatic heterocycles.